The molecule has 2 aromatic carbocycles. The summed E-state index contributed by atoms with van der Waals surface area (Å²) in [7, 11) is 0. The molecule has 1 aliphatic rings. The zero-order valence-electron chi connectivity index (χ0n) is 11.1. The summed E-state index contributed by atoms with van der Waals surface area (Å²) in [5.41, 5.74) is 0.832. The molecular weight excluding hydrogens is 339 g/mol. The van der Waals surface area contributed by atoms with Crippen LogP contribution in [0.2, 0.25) is 0 Å². The van der Waals surface area contributed by atoms with Gasteiger partial charge < -0.3 is 14.6 Å². The lowest BCUT2D eigenvalue weighted by Gasteiger charge is -2.29. The third-order valence-electron chi connectivity index (χ3n) is 3.39. The predicted octanol–water partition coefficient (Wildman–Crippen LogP) is 3.33. The molecule has 2 aromatic rings. The van der Waals surface area contributed by atoms with Crippen molar-refractivity contribution < 1.29 is 19.0 Å². The van der Waals surface area contributed by atoms with Crippen LogP contribution in [0.5, 0.6) is 11.5 Å². The third kappa shape index (κ3) is 3.19. The highest BCUT2D eigenvalue weighted by Gasteiger charge is 2.27. The number of hydrogen-bond donors (Lipinski definition) is 1. The van der Waals surface area contributed by atoms with E-state index in [2.05, 4.69) is 15.9 Å². The second kappa shape index (κ2) is 6.03. The summed E-state index contributed by atoms with van der Waals surface area (Å²) < 4.78 is 24.9. The van der Waals surface area contributed by atoms with Crippen molar-refractivity contribution in [2.75, 3.05) is 6.61 Å². The molecule has 2 unspecified atom stereocenters. The zero-order chi connectivity index (χ0) is 14.8. The van der Waals surface area contributed by atoms with Crippen LogP contribution in [-0.4, -0.2) is 23.9 Å². The molecule has 3 rings (SSSR count). The number of halogens is 2. The van der Waals surface area contributed by atoms with Crippen LogP contribution in [0.25, 0.3) is 0 Å². The molecule has 0 fully saturated rings. The van der Waals surface area contributed by atoms with E-state index in [1.165, 1.54) is 6.07 Å². The summed E-state index contributed by atoms with van der Waals surface area (Å²) in [4.78, 5) is 0. The normalized spacial score (nSPS) is 18.3. The maximum absolute atomic E-state index is 13.2. The quantitative estimate of drug-likeness (QED) is 0.920. The minimum absolute atomic E-state index is 0.292. The lowest BCUT2D eigenvalue weighted by Crippen LogP contribution is -2.40. The van der Waals surface area contributed by atoms with Gasteiger partial charge in [-0.3, -0.25) is 0 Å². The van der Waals surface area contributed by atoms with E-state index < -0.39 is 12.2 Å². The van der Waals surface area contributed by atoms with Gasteiger partial charge in [0.25, 0.3) is 0 Å². The lowest BCUT2D eigenvalue weighted by atomic mass is 10.0. The maximum atomic E-state index is 13.2. The average molecular weight is 353 g/mol. The van der Waals surface area contributed by atoms with Crippen molar-refractivity contribution in [3.05, 3.63) is 58.3 Å². The number of ether oxygens (including phenoxy) is 2. The zero-order valence-corrected chi connectivity index (χ0v) is 12.7. The fourth-order valence-electron chi connectivity index (χ4n) is 2.26. The van der Waals surface area contributed by atoms with Crippen LogP contribution in [0.4, 0.5) is 4.39 Å². The third-order valence-corrected chi connectivity index (χ3v) is 4.00. The van der Waals surface area contributed by atoms with Crippen LogP contribution < -0.4 is 9.47 Å². The summed E-state index contributed by atoms with van der Waals surface area (Å²) in [6, 6.07) is 12.1. The Hall–Kier alpha value is -1.59. The molecule has 1 N–H and O–H groups in total. The summed E-state index contributed by atoms with van der Waals surface area (Å²) in [6.45, 7) is 0.292. The molecule has 0 bridgehead atoms. The lowest BCUT2D eigenvalue weighted by molar-refractivity contribution is -0.00942. The van der Waals surface area contributed by atoms with Crippen LogP contribution >= 0.6 is 15.9 Å². The molecule has 5 heteroatoms. The van der Waals surface area contributed by atoms with E-state index in [0.29, 0.717) is 29.0 Å². The highest BCUT2D eigenvalue weighted by Crippen LogP contribution is 2.32. The fourth-order valence-corrected chi connectivity index (χ4v) is 2.69. The van der Waals surface area contributed by atoms with Crippen molar-refractivity contribution >= 4 is 15.9 Å². The van der Waals surface area contributed by atoms with Crippen LogP contribution in [-0.2, 0) is 6.42 Å². The Balaban J connectivity index is 1.69. The van der Waals surface area contributed by atoms with Crippen molar-refractivity contribution in [1.29, 1.82) is 0 Å². The average Bonchev–Trinajstić information content (AvgIpc) is 2.50. The topological polar surface area (TPSA) is 38.7 Å². The van der Waals surface area contributed by atoms with Crippen LogP contribution in [0.15, 0.2) is 46.9 Å². The first-order valence-electron chi connectivity index (χ1n) is 6.64. The number of aliphatic hydroxyl groups is 1. The first kappa shape index (κ1) is 14.4. The summed E-state index contributed by atoms with van der Waals surface area (Å²) in [6.07, 6.45) is -0.797. The molecule has 21 heavy (non-hydrogen) atoms. The number of benzene rings is 2. The van der Waals surface area contributed by atoms with Gasteiger partial charge in [0.15, 0.2) is 17.6 Å². The van der Waals surface area contributed by atoms with Crippen molar-refractivity contribution in [3.8, 4) is 11.5 Å². The number of aliphatic hydroxyl groups excluding tert-OH is 1. The monoisotopic (exact) mass is 352 g/mol. The van der Waals surface area contributed by atoms with Gasteiger partial charge in [0.1, 0.15) is 12.4 Å². The maximum Gasteiger partial charge on any atom is 0.161 e. The van der Waals surface area contributed by atoms with Gasteiger partial charge in [-0.15, -0.1) is 0 Å². The fraction of sp³-hybridized carbons (Fsp3) is 0.250. The molecule has 1 heterocycles. The standard InChI is InChI=1S/C16H14BrFO3/c17-11-7-10(5-6-12(11)18)8-13(19)16-9-20-14-3-1-2-4-15(14)21-16/h1-7,13,16,19H,8-9H2. The van der Waals surface area contributed by atoms with E-state index in [1.54, 1.807) is 12.1 Å². The van der Waals surface area contributed by atoms with Crippen molar-refractivity contribution in [2.24, 2.45) is 0 Å². The van der Waals surface area contributed by atoms with E-state index in [9.17, 15) is 9.50 Å². The first-order valence-corrected chi connectivity index (χ1v) is 7.43. The Labute approximate surface area is 130 Å². The van der Waals surface area contributed by atoms with E-state index >= 15 is 0 Å². The molecule has 0 aromatic heterocycles. The minimum atomic E-state index is -0.726. The van der Waals surface area contributed by atoms with Crippen LogP contribution in [0.3, 0.4) is 0 Å². The largest absolute Gasteiger partial charge is 0.486 e. The van der Waals surface area contributed by atoms with Crippen LogP contribution in [0.1, 0.15) is 5.56 Å². The molecule has 2 atom stereocenters. The molecule has 0 saturated heterocycles. The summed E-state index contributed by atoms with van der Waals surface area (Å²) in [5, 5.41) is 10.3. The van der Waals surface area contributed by atoms with E-state index in [-0.39, 0.29) is 5.82 Å². The Morgan fingerprint density at radius 1 is 1.24 bits per heavy atom. The first-order chi connectivity index (χ1) is 10.1. The van der Waals surface area contributed by atoms with Crippen molar-refractivity contribution in [1.82, 2.24) is 0 Å². The number of fused-ring (bicyclic) bond motifs is 1. The van der Waals surface area contributed by atoms with Gasteiger partial charge in [0.2, 0.25) is 0 Å². The molecule has 0 saturated carbocycles. The Morgan fingerprint density at radius 3 is 2.76 bits per heavy atom. The summed E-state index contributed by atoms with van der Waals surface area (Å²) in [5.74, 6) is 0.998. The van der Waals surface area contributed by atoms with E-state index in [4.69, 9.17) is 9.47 Å². The van der Waals surface area contributed by atoms with Gasteiger partial charge in [-0.25, -0.2) is 4.39 Å². The number of rotatable bonds is 3. The highest BCUT2D eigenvalue weighted by atomic mass is 79.9. The SMILES string of the molecule is OC(Cc1ccc(F)c(Br)c1)C1COc2ccccc2O1. The molecular formula is C16H14BrFO3. The van der Waals surface area contributed by atoms with Gasteiger partial charge >= 0.3 is 0 Å². The van der Waals surface area contributed by atoms with Crippen molar-refractivity contribution in [2.45, 2.75) is 18.6 Å². The van der Waals surface area contributed by atoms with Gasteiger partial charge in [0.05, 0.1) is 10.6 Å². The Morgan fingerprint density at radius 2 is 2.00 bits per heavy atom. The van der Waals surface area contributed by atoms with Crippen LogP contribution in [0, 0.1) is 5.82 Å². The smallest absolute Gasteiger partial charge is 0.161 e. The molecule has 0 spiro atoms. The number of para-hydroxylation sites is 2. The van der Waals surface area contributed by atoms with E-state index in [1.807, 2.05) is 24.3 Å². The van der Waals surface area contributed by atoms with E-state index in [0.717, 1.165) is 5.56 Å². The summed E-state index contributed by atoms with van der Waals surface area (Å²) >= 11 is 3.14. The number of hydrogen-bond acceptors (Lipinski definition) is 3. The molecule has 110 valence electrons. The van der Waals surface area contributed by atoms with Gasteiger partial charge in [-0.1, -0.05) is 18.2 Å². The molecule has 1 aliphatic heterocycles. The molecule has 3 nitrogen and oxygen atoms in total. The van der Waals surface area contributed by atoms with Gasteiger partial charge in [0, 0.05) is 6.42 Å². The Kier molecular flexibility index (Phi) is 4.12. The Bertz CT molecular complexity index is 647. The van der Waals surface area contributed by atoms with Gasteiger partial charge in [-0.2, -0.15) is 0 Å². The van der Waals surface area contributed by atoms with Gasteiger partial charge in [-0.05, 0) is 45.8 Å². The predicted molar refractivity (Wildman–Crippen MR) is 80.2 cm³/mol. The molecule has 0 amide bonds. The second-order valence-corrected chi connectivity index (χ2v) is 5.79. The van der Waals surface area contributed by atoms with Crippen molar-refractivity contribution in [3.63, 3.8) is 0 Å². The molecule has 0 aliphatic carbocycles. The highest BCUT2D eigenvalue weighted by molar-refractivity contribution is 9.10. The molecule has 0 radical (unpaired) electrons. The second-order valence-electron chi connectivity index (χ2n) is 4.93. The minimum Gasteiger partial charge on any atom is -0.486 e.